The summed E-state index contributed by atoms with van der Waals surface area (Å²) in [5.41, 5.74) is 3.32. The second-order valence-corrected chi connectivity index (χ2v) is 6.37. The average Bonchev–Trinajstić information content (AvgIpc) is 3.29. The molecule has 0 bridgehead atoms. The van der Waals surface area contributed by atoms with Gasteiger partial charge in [-0.25, -0.2) is 14.4 Å². The Morgan fingerprint density at radius 1 is 1.31 bits per heavy atom. The Balaban J connectivity index is 1.94. The van der Waals surface area contributed by atoms with Crippen molar-refractivity contribution in [2.24, 2.45) is 4.99 Å². The third-order valence-electron chi connectivity index (χ3n) is 4.70. The number of allylic oxidation sites excluding steroid dienone is 4. The second kappa shape index (κ2) is 7.25. The third kappa shape index (κ3) is 3.08. The molecule has 2 aliphatic rings. The lowest BCUT2D eigenvalue weighted by molar-refractivity contribution is 0.190. The summed E-state index contributed by atoms with van der Waals surface area (Å²) >= 11 is 0. The highest BCUT2D eigenvalue weighted by Crippen LogP contribution is 2.28. The van der Waals surface area contributed by atoms with Crippen LogP contribution in [0.1, 0.15) is 24.8 Å². The van der Waals surface area contributed by atoms with Gasteiger partial charge in [0.2, 0.25) is 0 Å². The zero-order chi connectivity index (χ0) is 17.9. The zero-order valence-electron chi connectivity index (χ0n) is 14.7. The maximum atomic E-state index is 13.4. The number of hydrogen-bond donors (Lipinski definition) is 1. The van der Waals surface area contributed by atoms with Crippen molar-refractivity contribution < 1.29 is 9.13 Å². The number of H-pyrrole nitrogens is 1. The van der Waals surface area contributed by atoms with Crippen molar-refractivity contribution in [1.29, 1.82) is 0 Å². The number of halogens is 1. The van der Waals surface area contributed by atoms with Crippen LogP contribution in [-0.2, 0) is 11.3 Å². The van der Waals surface area contributed by atoms with E-state index < -0.39 is 0 Å². The number of aliphatic imine (C=N–C) groups is 1. The normalized spacial score (nSPS) is 20.3. The summed E-state index contributed by atoms with van der Waals surface area (Å²) in [5.74, 6) is 0.678. The molecule has 0 saturated heterocycles. The number of imidazole rings is 1. The SMILES string of the molecule is COCCCn1cnc(=C2C=CC(F)=CC2)c1=C1CC=Nc2[nH]ccc21. The van der Waals surface area contributed by atoms with Crippen LogP contribution in [-0.4, -0.2) is 34.5 Å². The van der Waals surface area contributed by atoms with Gasteiger partial charge in [0.1, 0.15) is 11.6 Å². The number of hydrogen-bond acceptors (Lipinski definition) is 3. The van der Waals surface area contributed by atoms with Crippen molar-refractivity contribution in [2.75, 3.05) is 13.7 Å². The lowest BCUT2D eigenvalue weighted by Crippen LogP contribution is -2.35. The van der Waals surface area contributed by atoms with Crippen LogP contribution in [0.5, 0.6) is 0 Å². The van der Waals surface area contributed by atoms with E-state index in [0.29, 0.717) is 13.0 Å². The molecule has 0 saturated carbocycles. The quantitative estimate of drug-likeness (QED) is 0.860. The molecule has 6 heteroatoms. The Hall–Kier alpha value is -2.73. The number of nitrogens with zero attached hydrogens (tertiary/aromatic N) is 3. The number of aromatic amines is 1. The molecule has 134 valence electrons. The van der Waals surface area contributed by atoms with Gasteiger partial charge in [0.25, 0.3) is 0 Å². The van der Waals surface area contributed by atoms with Crippen LogP contribution in [0.25, 0.3) is 11.1 Å². The standard InChI is InChI=1S/C20H21FN4O/c1-26-12-2-11-25-13-24-18(14-3-5-15(21)6-4-14)19(25)16-7-9-22-20-17(16)8-10-23-20/h3,5-6,8-10,13,23H,2,4,7,11-12H2,1H3. The lowest BCUT2D eigenvalue weighted by Gasteiger charge is -2.12. The fourth-order valence-electron chi connectivity index (χ4n) is 3.46. The molecule has 2 aromatic heterocycles. The summed E-state index contributed by atoms with van der Waals surface area (Å²) in [4.78, 5) is 12.3. The van der Waals surface area contributed by atoms with Gasteiger partial charge in [-0.2, -0.15) is 0 Å². The van der Waals surface area contributed by atoms with E-state index in [1.54, 1.807) is 13.2 Å². The molecule has 0 radical (unpaired) electrons. The first kappa shape index (κ1) is 16.7. The molecule has 26 heavy (non-hydrogen) atoms. The average molecular weight is 352 g/mol. The number of aryl methyl sites for hydroxylation is 1. The summed E-state index contributed by atoms with van der Waals surface area (Å²) in [7, 11) is 1.71. The third-order valence-corrected chi connectivity index (χ3v) is 4.70. The predicted octanol–water partition coefficient (Wildman–Crippen LogP) is 2.52. The molecule has 4 rings (SSSR count). The molecule has 0 unspecified atom stereocenters. The van der Waals surface area contributed by atoms with Gasteiger partial charge in [-0.1, -0.05) is 6.08 Å². The first-order chi connectivity index (χ1) is 12.8. The molecule has 2 aromatic rings. The maximum absolute atomic E-state index is 13.4. The monoisotopic (exact) mass is 352 g/mol. The lowest BCUT2D eigenvalue weighted by atomic mass is 10.0. The van der Waals surface area contributed by atoms with E-state index in [-0.39, 0.29) is 5.83 Å². The van der Waals surface area contributed by atoms with Gasteiger partial charge in [0.05, 0.1) is 17.0 Å². The van der Waals surface area contributed by atoms with Crippen LogP contribution in [0.15, 0.2) is 47.6 Å². The van der Waals surface area contributed by atoms with Crippen molar-refractivity contribution in [1.82, 2.24) is 14.5 Å². The van der Waals surface area contributed by atoms with Gasteiger partial charge in [0, 0.05) is 44.7 Å². The van der Waals surface area contributed by atoms with Gasteiger partial charge < -0.3 is 14.3 Å². The summed E-state index contributed by atoms with van der Waals surface area (Å²) in [6.45, 7) is 1.52. The van der Waals surface area contributed by atoms with E-state index in [2.05, 4.69) is 25.6 Å². The Kier molecular flexibility index (Phi) is 4.67. The molecular formula is C20H21FN4O. The van der Waals surface area contributed by atoms with Gasteiger partial charge in [-0.3, -0.25) is 0 Å². The van der Waals surface area contributed by atoms with Crippen molar-refractivity contribution in [3.05, 3.63) is 58.9 Å². The first-order valence-electron chi connectivity index (χ1n) is 8.78. The van der Waals surface area contributed by atoms with E-state index in [1.807, 2.05) is 24.8 Å². The molecule has 1 N–H and O–H groups in total. The fraction of sp³-hybridized carbons (Fsp3) is 0.300. The van der Waals surface area contributed by atoms with Crippen LogP contribution in [0, 0.1) is 0 Å². The van der Waals surface area contributed by atoms with Gasteiger partial charge >= 0.3 is 0 Å². The van der Waals surface area contributed by atoms with Crippen LogP contribution in [0.3, 0.4) is 0 Å². The first-order valence-corrected chi connectivity index (χ1v) is 8.78. The van der Waals surface area contributed by atoms with Crippen molar-refractivity contribution in [2.45, 2.75) is 25.8 Å². The minimum absolute atomic E-state index is 0.194. The van der Waals surface area contributed by atoms with Crippen LogP contribution in [0.4, 0.5) is 10.2 Å². The molecule has 0 atom stereocenters. The van der Waals surface area contributed by atoms with E-state index >= 15 is 0 Å². The summed E-state index contributed by atoms with van der Waals surface area (Å²) < 4.78 is 20.8. The number of fused-ring (bicyclic) bond motifs is 1. The zero-order valence-corrected chi connectivity index (χ0v) is 14.7. The Morgan fingerprint density at radius 2 is 2.23 bits per heavy atom. The van der Waals surface area contributed by atoms with Gasteiger partial charge in [-0.05, 0) is 42.2 Å². The number of ether oxygens (including phenoxy) is 1. The number of aromatic nitrogens is 3. The predicted molar refractivity (Wildman–Crippen MR) is 100 cm³/mol. The minimum atomic E-state index is -0.194. The van der Waals surface area contributed by atoms with Crippen molar-refractivity contribution >= 4 is 23.2 Å². The van der Waals surface area contributed by atoms with Crippen LogP contribution in [0.2, 0.25) is 0 Å². The Labute approximate surface area is 150 Å². The van der Waals surface area contributed by atoms with Crippen molar-refractivity contribution in [3.8, 4) is 0 Å². The van der Waals surface area contributed by atoms with E-state index in [0.717, 1.165) is 47.0 Å². The number of nitrogens with one attached hydrogen (secondary N) is 1. The van der Waals surface area contributed by atoms with Gasteiger partial charge in [0.15, 0.2) is 0 Å². The molecule has 1 aliphatic carbocycles. The summed E-state index contributed by atoms with van der Waals surface area (Å²) in [6.07, 6.45) is 12.8. The highest BCUT2D eigenvalue weighted by atomic mass is 19.1. The van der Waals surface area contributed by atoms with Crippen LogP contribution >= 0.6 is 0 Å². The second-order valence-electron chi connectivity index (χ2n) is 6.37. The highest BCUT2D eigenvalue weighted by molar-refractivity contribution is 5.88. The summed E-state index contributed by atoms with van der Waals surface area (Å²) in [5, 5.41) is 2.00. The smallest absolute Gasteiger partial charge is 0.137 e. The maximum Gasteiger partial charge on any atom is 0.137 e. The van der Waals surface area contributed by atoms with Crippen LogP contribution < -0.4 is 10.7 Å². The van der Waals surface area contributed by atoms with Gasteiger partial charge in [-0.15, -0.1) is 0 Å². The number of methoxy groups -OCH3 is 1. The molecular weight excluding hydrogens is 331 g/mol. The molecule has 5 nitrogen and oxygen atoms in total. The van der Waals surface area contributed by atoms with Crippen molar-refractivity contribution in [3.63, 3.8) is 0 Å². The molecule has 1 aliphatic heterocycles. The number of rotatable bonds is 4. The summed E-state index contributed by atoms with van der Waals surface area (Å²) in [6, 6.07) is 2.05. The van der Waals surface area contributed by atoms with E-state index in [4.69, 9.17) is 4.74 Å². The molecule has 0 amide bonds. The topological polar surface area (TPSA) is 55.2 Å². The van der Waals surface area contributed by atoms with E-state index in [1.165, 1.54) is 11.6 Å². The minimum Gasteiger partial charge on any atom is -0.385 e. The molecule has 0 spiro atoms. The van der Waals surface area contributed by atoms with E-state index in [9.17, 15) is 4.39 Å². The molecule has 0 fully saturated rings. The molecule has 0 aromatic carbocycles. The Morgan fingerprint density at radius 3 is 3.04 bits per heavy atom. The highest BCUT2D eigenvalue weighted by Gasteiger charge is 2.16. The molecule has 3 heterocycles. The Bertz CT molecular complexity index is 1020. The fourth-order valence-corrected chi connectivity index (χ4v) is 3.46. The largest absolute Gasteiger partial charge is 0.385 e.